The van der Waals surface area contributed by atoms with Gasteiger partial charge >= 0.3 is 0 Å². The van der Waals surface area contributed by atoms with E-state index in [2.05, 4.69) is 150 Å². The predicted octanol–water partition coefficient (Wildman–Crippen LogP) is 14.2. The van der Waals surface area contributed by atoms with Gasteiger partial charge in [0, 0.05) is 41.9 Å². The first kappa shape index (κ1) is 42.8. The van der Waals surface area contributed by atoms with Gasteiger partial charge in [-0.1, -0.05) is 147 Å². The maximum absolute atomic E-state index is 12.8. The predicted molar refractivity (Wildman–Crippen MR) is 263 cm³/mol. The molecule has 1 N–H and O–H groups in total. The van der Waals surface area contributed by atoms with Crippen molar-refractivity contribution < 1.29 is 5.11 Å². The average Bonchev–Trinajstić information content (AvgIpc) is 3.33. The standard InChI is InChI=1S/C60H59N3O/c1-42-37-48(47-31-33-58(3,4)34-32-47)27-30-52(42)53-39-54(63-55(43(53)2)41-59(5,50-21-10-7-11-22-50)56-23-12-14-35-61-56)49-20-16-17-44(38-49)40-60(64,57-24-13-15-36-62-57)51-28-25-46(26-29-51)45-18-8-6-9-19-45/h6-30,35-39,47,64H,31-34,40-41H2,1-5H3. The lowest BCUT2D eigenvalue weighted by Gasteiger charge is -2.34. The molecule has 0 spiro atoms. The zero-order valence-electron chi connectivity index (χ0n) is 37.9. The normalized spacial score (nSPS) is 15.8. The van der Waals surface area contributed by atoms with Crippen molar-refractivity contribution in [3.63, 3.8) is 0 Å². The molecule has 2 unspecified atom stereocenters. The van der Waals surface area contributed by atoms with E-state index in [1.54, 1.807) is 6.20 Å². The van der Waals surface area contributed by atoms with Gasteiger partial charge in [0.05, 0.1) is 17.1 Å². The number of hydrogen-bond donors (Lipinski definition) is 1. The first-order valence-corrected chi connectivity index (χ1v) is 23.0. The summed E-state index contributed by atoms with van der Waals surface area (Å²) < 4.78 is 0. The molecule has 3 aromatic heterocycles. The molecule has 2 atom stereocenters. The van der Waals surface area contributed by atoms with Gasteiger partial charge in [-0.05, 0) is 150 Å². The average molecular weight is 838 g/mol. The van der Waals surface area contributed by atoms with Crippen LogP contribution in [-0.4, -0.2) is 20.1 Å². The summed E-state index contributed by atoms with van der Waals surface area (Å²) in [7, 11) is 0. The Morgan fingerprint density at radius 2 is 1.20 bits per heavy atom. The Morgan fingerprint density at radius 1 is 0.578 bits per heavy atom. The molecule has 5 aromatic carbocycles. The third-order valence-corrected chi connectivity index (χ3v) is 14.1. The van der Waals surface area contributed by atoms with E-state index in [1.807, 2.05) is 60.8 Å². The van der Waals surface area contributed by atoms with E-state index in [0.29, 0.717) is 29.9 Å². The van der Waals surface area contributed by atoms with E-state index in [-0.39, 0.29) is 0 Å². The van der Waals surface area contributed by atoms with Crippen molar-refractivity contribution in [2.75, 3.05) is 0 Å². The zero-order chi connectivity index (χ0) is 44.3. The Morgan fingerprint density at radius 3 is 1.86 bits per heavy atom. The van der Waals surface area contributed by atoms with E-state index in [1.165, 1.54) is 59.1 Å². The lowest BCUT2D eigenvalue weighted by molar-refractivity contribution is 0.0765. The maximum atomic E-state index is 12.8. The van der Waals surface area contributed by atoms with Gasteiger partial charge in [-0.3, -0.25) is 15.0 Å². The molecule has 1 fully saturated rings. The smallest absolute Gasteiger partial charge is 0.135 e. The van der Waals surface area contributed by atoms with E-state index in [9.17, 15) is 5.11 Å². The molecule has 0 aliphatic heterocycles. The van der Waals surface area contributed by atoms with Crippen molar-refractivity contribution in [3.05, 3.63) is 233 Å². The second-order valence-electron chi connectivity index (χ2n) is 19.1. The van der Waals surface area contributed by atoms with Gasteiger partial charge in [0.2, 0.25) is 0 Å². The number of hydrogen-bond acceptors (Lipinski definition) is 4. The van der Waals surface area contributed by atoms with Crippen LogP contribution in [0.15, 0.2) is 182 Å². The van der Waals surface area contributed by atoms with Crippen LogP contribution in [0.5, 0.6) is 0 Å². The van der Waals surface area contributed by atoms with Gasteiger partial charge in [-0.2, -0.15) is 0 Å². The molecule has 4 heteroatoms. The van der Waals surface area contributed by atoms with Crippen LogP contribution in [0.4, 0.5) is 0 Å². The van der Waals surface area contributed by atoms with Crippen molar-refractivity contribution in [3.8, 4) is 33.5 Å². The zero-order valence-corrected chi connectivity index (χ0v) is 37.9. The summed E-state index contributed by atoms with van der Waals surface area (Å²) in [6.45, 7) is 11.6. The summed E-state index contributed by atoms with van der Waals surface area (Å²) in [6, 6.07) is 59.3. The van der Waals surface area contributed by atoms with E-state index < -0.39 is 11.0 Å². The highest BCUT2D eigenvalue weighted by Gasteiger charge is 2.35. The summed E-state index contributed by atoms with van der Waals surface area (Å²) in [5, 5.41) is 12.8. The third kappa shape index (κ3) is 8.85. The molecule has 320 valence electrons. The number of rotatable bonds is 12. The van der Waals surface area contributed by atoms with Gasteiger partial charge < -0.3 is 5.11 Å². The number of aromatic nitrogens is 3. The molecule has 1 saturated carbocycles. The largest absolute Gasteiger partial charge is 0.378 e. The van der Waals surface area contributed by atoms with Crippen molar-refractivity contribution in [2.45, 2.75) is 90.1 Å². The highest BCUT2D eigenvalue weighted by molar-refractivity contribution is 5.77. The number of benzene rings is 5. The van der Waals surface area contributed by atoms with Gasteiger partial charge in [0.1, 0.15) is 5.60 Å². The van der Waals surface area contributed by atoms with Crippen LogP contribution >= 0.6 is 0 Å². The quantitative estimate of drug-likeness (QED) is 0.133. The molecular formula is C60H59N3O. The van der Waals surface area contributed by atoms with Gasteiger partial charge in [0.25, 0.3) is 0 Å². The van der Waals surface area contributed by atoms with Crippen LogP contribution in [0, 0.1) is 19.3 Å². The fraction of sp³-hybridized carbons (Fsp3) is 0.250. The van der Waals surface area contributed by atoms with E-state index >= 15 is 0 Å². The summed E-state index contributed by atoms with van der Waals surface area (Å²) >= 11 is 0. The molecule has 1 aliphatic carbocycles. The molecule has 64 heavy (non-hydrogen) atoms. The van der Waals surface area contributed by atoms with Crippen molar-refractivity contribution in [2.24, 2.45) is 5.41 Å². The highest BCUT2D eigenvalue weighted by atomic mass is 16.3. The molecule has 9 rings (SSSR count). The fourth-order valence-corrected chi connectivity index (χ4v) is 10.1. The molecule has 1 aliphatic rings. The molecule has 0 bridgehead atoms. The molecule has 8 aromatic rings. The van der Waals surface area contributed by atoms with Crippen LogP contribution < -0.4 is 0 Å². The van der Waals surface area contributed by atoms with Gasteiger partial charge in [0.15, 0.2) is 0 Å². The van der Waals surface area contributed by atoms with Crippen molar-refractivity contribution in [1.29, 1.82) is 0 Å². The van der Waals surface area contributed by atoms with Crippen LogP contribution in [0.25, 0.3) is 33.5 Å². The summed E-state index contributed by atoms with van der Waals surface area (Å²) in [5.74, 6) is 0.602. The number of pyridine rings is 3. The molecule has 0 saturated heterocycles. The van der Waals surface area contributed by atoms with E-state index in [0.717, 1.165) is 44.9 Å². The third-order valence-electron chi connectivity index (χ3n) is 14.1. The lowest BCUT2D eigenvalue weighted by atomic mass is 9.71. The number of aliphatic hydroxyl groups is 1. The topological polar surface area (TPSA) is 58.9 Å². The van der Waals surface area contributed by atoms with Crippen LogP contribution in [-0.2, 0) is 23.9 Å². The Balaban J connectivity index is 1.14. The minimum absolute atomic E-state index is 0.332. The van der Waals surface area contributed by atoms with Crippen LogP contribution in [0.2, 0.25) is 0 Å². The van der Waals surface area contributed by atoms with Gasteiger partial charge in [-0.25, -0.2) is 0 Å². The Kier molecular flexibility index (Phi) is 12.0. The first-order chi connectivity index (χ1) is 31.0. The van der Waals surface area contributed by atoms with Crippen LogP contribution in [0.3, 0.4) is 0 Å². The minimum atomic E-state index is -1.38. The van der Waals surface area contributed by atoms with Gasteiger partial charge in [-0.15, -0.1) is 0 Å². The molecule has 4 nitrogen and oxygen atoms in total. The fourth-order valence-electron chi connectivity index (χ4n) is 10.1. The summed E-state index contributed by atoms with van der Waals surface area (Å²) in [4.78, 5) is 15.3. The molecular weight excluding hydrogens is 779 g/mol. The molecule has 0 amide bonds. The maximum Gasteiger partial charge on any atom is 0.135 e. The number of nitrogens with zero attached hydrogens (tertiary/aromatic N) is 3. The minimum Gasteiger partial charge on any atom is -0.378 e. The van der Waals surface area contributed by atoms with Crippen molar-refractivity contribution >= 4 is 0 Å². The SMILES string of the molecule is Cc1cc(C2CCC(C)(C)CC2)ccc1-c1cc(-c2cccc(CC(O)(c3ccc(-c4ccccc4)cc3)c3ccccn3)c2)nc(CC(C)(c2ccccc2)c2ccccn2)c1C. The summed E-state index contributed by atoms with van der Waals surface area (Å²) in [6.07, 6.45) is 9.66. The monoisotopic (exact) mass is 837 g/mol. The second-order valence-corrected chi connectivity index (χ2v) is 19.1. The van der Waals surface area contributed by atoms with Crippen LogP contribution in [0.1, 0.15) is 103 Å². The molecule has 0 radical (unpaired) electrons. The number of aryl methyl sites for hydroxylation is 1. The lowest BCUT2D eigenvalue weighted by Crippen LogP contribution is -2.31. The van der Waals surface area contributed by atoms with E-state index in [4.69, 9.17) is 15.0 Å². The summed E-state index contributed by atoms with van der Waals surface area (Å²) in [5.41, 5.74) is 14.7. The highest BCUT2D eigenvalue weighted by Crippen LogP contribution is 2.44. The molecule has 3 heterocycles. The Labute approximate surface area is 380 Å². The van der Waals surface area contributed by atoms with Crippen molar-refractivity contribution in [1.82, 2.24) is 15.0 Å². The Bertz CT molecular complexity index is 2790. The second kappa shape index (κ2) is 17.9. The first-order valence-electron chi connectivity index (χ1n) is 23.0. The Hall–Kier alpha value is -6.49.